The Morgan fingerprint density at radius 1 is 1.00 bits per heavy atom. The zero-order valence-corrected chi connectivity index (χ0v) is 26.3. The summed E-state index contributed by atoms with van der Waals surface area (Å²) < 4.78 is 0. The minimum atomic E-state index is -0.800. The molecule has 1 unspecified atom stereocenters. The van der Waals surface area contributed by atoms with Gasteiger partial charge in [-0.1, -0.05) is 36.4 Å². The molecule has 2 amide bonds. The number of aryl methyl sites for hydroxylation is 1. The van der Waals surface area contributed by atoms with Gasteiger partial charge in [0.15, 0.2) is 6.29 Å². The third-order valence-corrected chi connectivity index (χ3v) is 11.0. The normalized spacial score (nSPS) is 24.4. The third kappa shape index (κ3) is 7.40. The Hall–Kier alpha value is -2.97. The molecule has 43 heavy (non-hydrogen) atoms. The van der Waals surface area contributed by atoms with Gasteiger partial charge in [0, 0.05) is 43.1 Å². The van der Waals surface area contributed by atoms with E-state index in [0.29, 0.717) is 23.0 Å². The number of likely N-dealkylation sites (N-methyl/N-ethyl adjacent to an activating group) is 2. The summed E-state index contributed by atoms with van der Waals surface area (Å²) in [5.74, 6) is 2.88. The molecular weight excluding hydrogens is 558 g/mol. The summed E-state index contributed by atoms with van der Waals surface area (Å²) in [5, 5.41) is 6.57. The molecule has 4 aliphatic carbocycles. The van der Waals surface area contributed by atoms with Crippen molar-refractivity contribution < 1.29 is 19.2 Å². The molecule has 6 rings (SSSR count). The van der Waals surface area contributed by atoms with Gasteiger partial charge in [-0.15, -0.1) is 11.8 Å². The van der Waals surface area contributed by atoms with Crippen LogP contribution in [0.4, 0.5) is 0 Å². The second-order valence-electron chi connectivity index (χ2n) is 12.9. The molecular formula is C35H45N3O4S. The Morgan fingerprint density at radius 3 is 2.26 bits per heavy atom. The van der Waals surface area contributed by atoms with Crippen molar-refractivity contribution in [1.82, 2.24) is 15.5 Å². The average Bonchev–Trinajstić information content (AvgIpc) is 3.01. The molecule has 4 saturated carbocycles. The Balaban J connectivity index is 1.14. The van der Waals surface area contributed by atoms with Crippen molar-refractivity contribution in [1.29, 1.82) is 0 Å². The molecule has 0 aromatic heterocycles. The molecule has 0 radical (unpaired) electrons. The summed E-state index contributed by atoms with van der Waals surface area (Å²) in [6.45, 7) is 0.941. The Kier molecular flexibility index (Phi) is 10.4. The smallest absolute Gasteiger partial charge is 0.256 e. The molecule has 4 aliphatic rings. The second-order valence-corrected chi connectivity index (χ2v) is 14.1. The maximum Gasteiger partial charge on any atom is 0.256 e. The van der Waals surface area contributed by atoms with Crippen molar-refractivity contribution in [3.63, 3.8) is 0 Å². The van der Waals surface area contributed by atoms with Crippen LogP contribution in [0.3, 0.4) is 0 Å². The van der Waals surface area contributed by atoms with Crippen LogP contribution in [0.2, 0.25) is 0 Å². The van der Waals surface area contributed by atoms with Crippen molar-refractivity contribution in [2.75, 3.05) is 19.8 Å². The average molecular weight is 604 g/mol. The second kappa shape index (κ2) is 14.2. The molecule has 4 fully saturated rings. The van der Waals surface area contributed by atoms with Gasteiger partial charge >= 0.3 is 0 Å². The largest absolute Gasteiger partial charge is 0.357 e. The van der Waals surface area contributed by atoms with Gasteiger partial charge in [-0.25, -0.2) is 0 Å². The summed E-state index contributed by atoms with van der Waals surface area (Å²) in [7, 11) is 3.05. The molecule has 0 heterocycles. The Bertz CT molecular complexity index is 1280. The molecule has 0 saturated heterocycles. The first-order chi connectivity index (χ1) is 20.8. The van der Waals surface area contributed by atoms with E-state index in [1.807, 2.05) is 6.07 Å². The van der Waals surface area contributed by atoms with Crippen molar-refractivity contribution in [2.45, 2.75) is 87.2 Å². The first-order valence-corrected chi connectivity index (χ1v) is 16.8. The van der Waals surface area contributed by atoms with Crippen molar-refractivity contribution in [2.24, 2.45) is 17.8 Å². The van der Waals surface area contributed by atoms with Crippen LogP contribution in [0.15, 0.2) is 47.4 Å². The van der Waals surface area contributed by atoms with E-state index in [-0.39, 0.29) is 18.7 Å². The van der Waals surface area contributed by atoms with Crippen LogP contribution < -0.4 is 10.6 Å². The van der Waals surface area contributed by atoms with Gasteiger partial charge in [0.25, 0.3) is 5.91 Å². The molecule has 7 nitrogen and oxygen atoms in total. The fraction of sp³-hybridized carbons (Fsp3) is 0.543. The lowest BCUT2D eigenvalue weighted by molar-refractivity contribution is -0.125. The quantitative estimate of drug-likeness (QED) is 0.160. The van der Waals surface area contributed by atoms with Crippen LogP contribution in [0.5, 0.6) is 0 Å². The number of carbonyl (C=O) groups is 4. The molecule has 4 bridgehead atoms. The van der Waals surface area contributed by atoms with E-state index in [4.69, 9.17) is 0 Å². The van der Waals surface area contributed by atoms with Gasteiger partial charge in [0.05, 0.1) is 5.56 Å². The first-order valence-electron chi connectivity index (χ1n) is 15.8. The summed E-state index contributed by atoms with van der Waals surface area (Å²) >= 11 is 1.55. The van der Waals surface area contributed by atoms with E-state index in [1.165, 1.54) is 61.6 Å². The maximum atomic E-state index is 13.6. The van der Waals surface area contributed by atoms with Crippen LogP contribution in [0.1, 0.15) is 89.6 Å². The molecule has 0 aliphatic heterocycles. The molecule has 2 aromatic carbocycles. The van der Waals surface area contributed by atoms with E-state index >= 15 is 0 Å². The summed E-state index contributed by atoms with van der Waals surface area (Å²) in [5.41, 5.74) is 3.61. The number of benzene rings is 2. The van der Waals surface area contributed by atoms with Gasteiger partial charge in [-0.05, 0) is 98.5 Å². The van der Waals surface area contributed by atoms with Crippen molar-refractivity contribution in [3.05, 3.63) is 64.7 Å². The van der Waals surface area contributed by atoms with Gasteiger partial charge < -0.3 is 20.3 Å². The van der Waals surface area contributed by atoms with Crippen LogP contribution in [-0.4, -0.2) is 60.7 Å². The predicted octanol–water partition coefficient (Wildman–Crippen LogP) is 5.45. The number of nitrogens with one attached hydrogen (secondary N) is 2. The van der Waals surface area contributed by atoms with E-state index in [9.17, 15) is 19.2 Å². The zero-order chi connectivity index (χ0) is 30.4. The SMILES string of the molecule is CNC(=O)C(CCC=O)N(C)C(=O)c1c(C=O)cccc1SCCCc1ccc(CNC23CC4CC(CC(C4)C2)C3)cc1. The van der Waals surface area contributed by atoms with Crippen LogP contribution in [0.25, 0.3) is 0 Å². The molecule has 2 N–H and O–H groups in total. The predicted molar refractivity (Wildman–Crippen MR) is 170 cm³/mol. The number of carbonyl (C=O) groups excluding carboxylic acids is 4. The third-order valence-electron chi connectivity index (χ3n) is 9.89. The molecule has 1 atom stereocenters. The van der Waals surface area contributed by atoms with Gasteiger partial charge in [-0.2, -0.15) is 0 Å². The molecule has 8 heteroatoms. The van der Waals surface area contributed by atoms with E-state index in [0.717, 1.165) is 54.1 Å². The molecule has 2 aromatic rings. The zero-order valence-electron chi connectivity index (χ0n) is 25.5. The Labute approximate surface area is 259 Å². The van der Waals surface area contributed by atoms with Crippen LogP contribution in [0, 0.1) is 17.8 Å². The number of nitrogens with zero attached hydrogens (tertiary/aromatic N) is 1. The fourth-order valence-corrected chi connectivity index (χ4v) is 9.14. The van der Waals surface area contributed by atoms with Crippen LogP contribution in [-0.2, 0) is 22.6 Å². The number of thioether (sulfide) groups is 1. The summed E-state index contributed by atoms with van der Waals surface area (Å²) in [4.78, 5) is 50.9. The lowest BCUT2D eigenvalue weighted by Crippen LogP contribution is -2.58. The maximum absolute atomic E-state index is 13.6. The number of amides is 2. The molecule has 230 valence electrons. The van der Waals surface area contributed by atoms with E-state index < -0.39 is 11.9 Å². The lowest BCUT2D eigenvalue weighted by Gasteiger charge is -2.57. The standard InChI is InChI=1S/C35H45N3O4S/c1-36-33(41)30(8-4-14-39)38(2)34(42)32-29(23-40)7-3-9-31(32)43-15-5-6-24-10-12-25(13-11-24)22-37-35-19-26-16-27(20-35)18-28(17-26)21-35/h3,7,9-14,23,26-28,30,37H,4-6,8,15-22H2,1-2H3,(H,36,41). The van der Waals surface area contributed by atoms with Crippen LogP contribution >= 0.6 is 11.8 Å². The van der Waals surface area contributed by atoms with Crippen molar-refractivity contribution >= 4 is 36.1 Å². The Morgan fingerprint density at radius 2 is 1.65 bits per heavy atom. The highest BCUT2D eigenvalue weighted by atomic mass is 32.2. The number of aldehydes is 2. The van der Waals surface area contributed by atoms with E-state index in [1.54, 1.807) is 30.9 Å². The van der Waals surface area contributed by atoms with Gasteiger partial charge in [0.1, 0.15) is 12.3 Å². The number of hydrogen-bond donors (Lipinski definition) is 2. The highest BCUT2D eigenvalue weighted by Crippen LogP contribution is 2.55. The first kappa shape index (κ1) is 31.5. The lowest BCUT2D eigenvalue weighted by atomic mass is 9.53. The highest BCUT2D eigenvalue weighted by molar-refractivity contribution is 7.99. The monoisotopic (exact) mass is 603 g/mol. The minimum absolute atomic E-state index is 0.159. The highest BCUT2D eigenvalue weighted by Gasteiger charge is 2.50. The number of hydrogen-bond acceptors (Lipinski definition) is 6. The van der Waals surface area contributed by atoms with E-state index in [2.05, 4.69) is 34.9 Å². The van der Waals surface area contributed by atoms with Gasteiger partial charge in [0.2, 0.25) is 5.91 Å². The summed E-state index contributed by atoms with van der Waals surface area (Å²) in [6.07, 6.45) is 12.1. The van der Waals surface area contributed by atoms with Crippen molar-refractivity contribution in [3.8, 4) is 0 Å². The minimum Gasteiger partial charge on any atom is -0.357 e. The van der Waals surface area contributed by atoms with Gasteiger partial charge in [-0.3, -0.25) is 14.4 Å². The topological polar surface area (TPSA) is 95.6 Å². The number of rotatable bonds is 15. The molecule has 0 spiro atoms. The summed E-state index contributed by atoms with van der Waals surface area (Å²) in [6, 6.07) is 13.4. The fourth-order valence-electron chi connectivity index (χ4n) is 8.11.